The van der Waals surface area contributed by atoms with E-state index in [-0.39, 0.29) is 11.8 Å². The van der Waals surface area contributed by atoms with E-state index in [1.54, 1.807) is 24.3 Å². The second kappa shape index (κ2) is 7.97. The maximum atomic E-state index is 12.6. The van der Waals surface area contributed by atoms with Crippen LogP contribution in [0, 0.1) is 5.92 Å². The predicted octanol–water partition coefficient (Wildman–Crippen LogP) is 3.09. The smallest absolute Gasteiger partial charge is 0.253 e. The zero-order chi connectivity index (χ0) is 15.9. The van der Waals surface area contributed by atoms with Gasteiger partial charge in [-0.2, -0.15) is 0 Å². The Morgan fingerprint density at radius 2 is 2.09 bits per heavy atom. The molecule has 1 fully saturated rings. The molecule has 1 unspecified atom stereocenters. The number of nitrogens with zero attached hydrogens (tertiary/aromatic N) is 1. The summed E-state index contributed by atoms with van der Waals surface area (Å²) < 4.78 is 0. The van der Waals surface area contributed by atoms with E-state index in [0.717, 1.165) is 32.4 Å². The number of unbranched alkanes of at least 4 members (excludes halogenated alkanes) is 1. The number of carbonyl (C=O) groups is 2. The van der Waals surface area contributed by atoms with Crippen LogP contribution in [-0.4, -0.2) is 36.3 Å². The van der Waals surface area contributed by atoms with Crippen molar-refractivity contribution in [2.45, 2.75) is 39.5 Å². The Balaban J connectivity index is 2.04. The third-order valence-electron chi connectivity index (χ3n) is 4.13. The average molecular weight is 302 g/mol. The normalized spacial score (nSPS) is 18.1. The van der Waals surface area contributed by atoms with E-state index in [1.807, 2.05) is 4.90 Å². The molecule has 4 heteroatoms. The van der Waals surface area contributed by atoms with Crippen molar-refractivity contribution in [3.05, 3.63) is 35.4 Å². The Labute approximate surface area is 132 Å². The predicted molar refractivity (Wildman–Crippen MR) is 88.0 cm³/mol. The molecule has 2 rings (SSSR count). The summed E-state index contributed by atoms with van der Waals surface area (Å²) >= 11 is 0. The molecule has 0 spiro atoms. The summed E-state index contributed by atoms with van der Waals surface area (Å²) in [5, 5.41) is 2.89. The van der Waals surface area contributed by atoms with Crippen LogP contribution in [0.4, 0.5) is 0 Å². The largest absolute Gasteiger partial charge is 0.352 e. The topological polar surface area (TPSA) is 49.4 Å². The minimum atomic E-state index is -0.102. The van der Waals surface area contributed by atoms with Crippen molar-refractivity contribution in [2.24, 2.45) is 5.92 Å². The van der Waals surface area contributed by atoms with Crippen LogP contribution < -0.4 is 5.32 Å². The van der Waals surface area contributed by atoms with Crippen molar-refractivity contribution in [2.75, 3.05) is 19.6 Å². The van der Waals surface area contributed by atoms with E-state index in [4.69, 9.17) is 0 Å². The van der Waals surface area contributed by atoms with E-state index in [2.05, 4.69) is 19.2 Å². The van der Waals surface area contributed by atoms with Crippen LogP contribution in [0.25, 0.3) is 0 Å². The molecule has 1 heterocycles. The second-order valence-electron chi connectivity index (χ2n) is 6.19. The van der Waals surface area contributed by atoms with Gasteiger partial charge in [0.25, 0.3) is 11.8 Å². The third kappa shape index (κ3) is 4.33. The molecule has 0 saturated carbocycles. The zero-order valence-corrected chi connectivity index (χ0v) is 13.6. The van der Waals surface area contributed by atoms with Gasteiger partial charge in [-0.3, -0.25) is 9.59 Å². The van der Waals surface area contributed by atoms with E-state index >= 15 is 0 Å². The fourth-order valence-corrected chi connectivity index (χ4v) is 2.83. The quantitative estimate of drug-likeness (QED) is 0.850. The molecular weight excluding hydrogens is 276 g/mol. The van der Waals surface area contributed by atoms with Crippen LogP contribution in [-0.2, 0) is 0 Å². The molecule has 120 valence electrons. The number of piperidine rings is 1. The molecule has 2 amide bonds. The van der Waals surface area contributed by atoms with Gasteiger partial charge in [0.15, 0.2) is 0 Å². The van der Waals surface area contributed by atoms with Gasteiger partial charge in [0.05, 0.1) is 0 Å². The van der Waals surface area contributed by atoms with Gasteiger partial charge < -0.3 is 10.2 Å². The molecular formula is C18H26N2O2. The standard InChI is InChI=1S/C18H26N2O2/c1-3-4-10-19-17(21)15-8-5-9-16(12-15)18(22)20-11-6-7-14(2)13-20/h5,8-9,12,14H,3-4,6-7,10-11,13H2,1-2H3,(H,19,21). The SMILES string of the molecule is CCCCNC(=O)c1cccc(C(=O)N2CCCC(C)C2)c1. The first kappa shape index (κ1) is 16.5. The van der Waals surface area contributed by atoms with Gasteiger partial charge in [-0.1, -0.05) is 26.3 Å². The Morgan fingerprint density at radius 3 is 2.82 bits per heavy atom. The lowest BCUT2D eigenvalue weighted by molar-refractivity contribution is 0.0683. The van der Waals surface area contributed by atoms with Crippen molar-refractivity contribution in [3.63, 3.8) is 0 Å². The third-order valence-corrected chi connectivity index (χ3v) is 4.13. The summed E-state index contributed by atoms with van der Waals surface area (Å²) in [4.78, 5) is 26.6. The molecule has 1 aromatic carbocycles. The number of nitrogens with one attached hydrogen (secondary N) is 1. The summed E-state index contributed by atoms with van der Waals surface area (Å²) in [7, 11) is 0. The summed E-state index contributed by atoms with van der Waals surface area (Å²) in [6, 6.07) is 7.06. The van der Waals surface area contributed by atoms with E-state index in [0.29, 0.717) is 23.6 Å². The Morgan fingerprint density at radius 1 is 1.32 bits per heavy atom. The van der Waals surface area contributed by atoms with Crippen molar-refractivity contribution >= 4 is 11.8 Å². The monoisotopic (exact) mass is 302 g/mol. The Bertz CT molecular complexity index is 528. The average Bonchev–Trinajstić information content (AvgIpc) is 2.54. The molecule has 1 saturated heterocycles. The summed E-state index contributed by atoms with van der Waals surface area (Å²) in [5.74, 6) is 0.489. The van der Waals surface area contributed by atoms with E-state index in [1.165, 1.54) is 6.42 Å². The Kier molecular flexibility index (Phi) is 5.99. The first-order chi connectivity index (χ1) is 10.6. The summed E-state index contributed by atoms with van der Waals surface area (Å²) in [6.07, 6.45) is 4.26. The Hall–Kier alpha value is -1.84. The van der Waals surface area contributed by atoms with Gasteiger partial charge in [-0.25, -0.2) is 0 Å². The minimum absolute atomic E-state index is 0.0368. The van der Waals surface area contributed by atoms with Gasteiger partial charge in [0.1, 0.15) is 0 Å². The highest BCUT2D eigenvalue weighted by atomic mass is 16.2. The van der Waals surface area contributed by atoms with Crippen molar-refractivity contribution < 1.29 is 9.59 Å². The van der Waals surface area contributed by atoms with Gasteiger partial charge >= 0.3 is 0 Å². The molecule has 0 aliphatic carbocycles. The molecule has 0 bridgehead atoms. The van der Waals surface area contributed by atoms with E-state index in [9.17, 15) is 9.59 Å². The fraction of sp³-hybridized carbons (Fsp3) is 0.556. The molecule has 0 radical (unpaired) electrons. The van der Waals surface area contributed by atoms with Gasteiger partial charge in [-0.05, 0) is 43.4 Å². The molecule has 1 aliphatic heterocycles. The summed E-state index contributed by atoms with van der Waals surface area (Å²) in [5.41, 5.74) is 1.17. The number of rotatable bonds is 5. The van der Waals surface area contributed by atoms with Gasteiger partial charge in [-0.15, -0.1) is 0 Å². The highest BCUT2D eigenvalue weighted by Crippen LogP contribution is 2.18. The van der Waals surface area contributed by atoms with Gasteiger partial charge in [0.2, 0.25) is 0 Å². The fourth-order valence-electron chi connectivity index (χ4n) is 2.83. The molecule has 0 aromatic heterocycles. The zero-order valence-electron chi connectivity index (χ0n) is 13.6. The number of benzene rings is 1. The van der Waals surface area contributed by atoms with Crippen LogP contribution in [0.1, 0.15) is 60.2 Å². The lowest BCUT2D eigenvalue weighted by Gasteiger charge is -2.31. The van der Waals surface area contributed by atoms with Crippen molar-refractivity contribution in [1.82, 2.24) is 10.2 Å². The first-order valence-corrected chi connectivity index (χ1v) is 8.29. The molecule has 1 aliphatic rings. The maximum Gasteiger partial charge on any atom is 0.253 e. The van der Waals surface area contributed by atoms with E-state index < -0.39 is 0 Å². The molecule has 22 heavy (non-hydrogen) atoms. The summed E-state index contributed by atoms with van der Waals surface area (Å²) in [6.45, 7) is 6.57. The molecule has 1 atom stereocenters. The molecule has 1 N–H and O–H groups in total. The number of hydrogen-bond donors (Lipinski definition) is 1. The molecule has 4 nitrogen and oxygen atoms in total. The molecule has 1 aromatic rings. The van der Waals surface area contributed by atoms with Gasteiger partial charge in [0, 0.05) is 30.8 Å². The number of carbonyl (C=O) groups excluding carboxylic acids is 2. The van der Waals surface area contributed by atoms with Crippen LogP contribution in [0.3, 0.4) is 0 Å². The number of hydrogen-bond acceptors (Lipinski definition) is 2. The highest BCUT2D eigenvalue weighted by molar-refractivity contribution is 5.99. The van der Waals surface area contributed by atoms with Crippen molar-refractivity contribution in [3.8, 4) is 0 Å². The number of likely N-dealkylation sites (tertiary alicyclic amines) is 1. The van der Waals surface area contributed by atoms with Crippen LogP contribution >= 0.6 is 0 Å². The van der Waals surface area contributed by atoms with Crippen molar-refractivity contribution in [1.29, 1.82) is 0 Å². The second-order valence-corrected chi connectivity index (χ2v) is 6.19. The van der Waals surface area contributed by atoms with Crippen LogP contribution in [0.2, 0.25) is 0 Å². The highest BCUT2D eigenvalue weighted by Gasteiger charge is 2.22. The lowest BCUT2D eigenvalue weighted by atomic mass is 9.99. The lowest BCUT2D eigenvalue weighted by Crippen LogP contribution is -2.39. The van der Waals surface area contributed by atoms with Crippen LogP contribution in [0.5, 0.6) is 0 Å². The first-order valence-electron chi connectivity index (χ1n) is 8.29. The number of amides is 2. The maximum absolute atomic E-state index is 12.6. The van der Waals surface area contributed by atoms with Crippen LogP contribution in [0.15, 0.2) is 24.3 Å². The minimum Gasteiger partial charge on any atom is -0.352 e.